The largest absolute Gasteiger partial charge is 0.486 e. The summed E-state index contributed by atoms with van der Waals surface area (Å²) in [6.07, 6.45) is 3.89. The molecule has 40 heavy (non-hydrogen) atoms. The Labute approximate surface area is 237 Å². The minimum atomic E-state index is -3.81. The number of benzene rings is 3. The van der Waals surface area contributed by atoms with Crippen LogP contribution < -0.4 is 22.9 Å². The fourth-order valence-corrected chi connectivity index (χ4v) is 4.88. The number of hydrogen-bond donors (Lipinski definition) is 0. The first kappa shape index (κ1) is 30.8. The van der Waals surface area contributed by atoms with Gasteiger partial charge in [0.2, 0.25) is 0 Å². The topological polar surface area (TPSA) is 102 Å². The van der Waals surface area contributed by atoms with E-state index in [4.69, 9.17) is 13.1 Å². The van der Waals surface area contributed by atoms with Crippen LogP contribution in [-0.2, 0) is 20.2 Å². The average molecular weight is 589 g/mol. The molecule has 0 aliphatic carbocycles. The highest BCUT2D eigenvalue weighted by Crippen LogP contribution is 2.43. The third-order valence-corrected chi connectivity index (χ3v) is 6.69. The maximum Gasteiger partial charge on any atom is 0.306 e. The molecule has 0 bridgehead atoms. The molecule has 0 radical (unpaired) electrons. The minimum absolute atomic E-state index is 0.101. The van der Waals surface area contributed by atoms with Crippen LogP contribution in [0.25, 0.3) is 22.3 Å². The normalized spacial score (nSPS) is 11.5. The fraction of sp³-hybridized carbons (Fsp3) is 0.310. The average Bonchev–Trinajstić information content (AvgIpc) is 2.82. The molecule has 0 aliphatic heterocycles. The maximum absolute atomic E-state index is 12.1. The Balaban J connectivity index is 2.16. The summed E-state index contributed by atoms with van der Waals surface area (Å²) in [7, 11) is 0.261. The van der Waals surface area contributed by atoms with Crippen LogP contribution in [0.1, 0.15) is 13.8 Å². The molecule has 0 amide bonds. The van der Waals surface area contributed by atoms with Gasteiger partial charge in [0, 0.05) is 50.7 Å². The molecule has 0 heterocycles. The minimum Gasteiger partial charge on any atom is -0.486 e. The Morgan fingerprint density at radius 3 is 1.68 bits per heavy atom. The molecule has 0 saturated carbocycles. The molecule has 0 unspecified atom stereocenters. The Morgan fingerprint density at radius 1 is 0.700 bits per heavy atom. The second-order valence-corrected chi connectivity index (χ2v) is 13.2. The molecule has 0 aromatic heterocycles. The van der Waals surface area contributed by atoms with Crippen molar-refractivity contribution in [3.63, 3.8) is 0 Å². The van der Waals surface area contributed by atoms with Crippen LogP contribution in [-0.4, -0.2) is 64.1 Å². The first-order chi connectivity index (χ1) is 18.5. The van der Waals surface area contributed by atoms with E-state index in [1.807, 2.05) is 76.1 Å². The number of allylic oxidation sites excluding steroid dienone is 1. The number of ether oxygens (including phenoxy) is 1. The van der Waals surface area contributed by atoms with E-state index < -0.39 is 20.2 Å². The maximum atomic E-state index is 12.1. The Hall–Kier alpha value is -3.70. The number of nitrogens with zero attached hydrogens (tertiary/aromatic N) is 2. The van der Waals surface area contributed by atoms with Crippen molar-refractivity contribution in [2.75, 3.05) is 57.1 Å². The van der Waals surface area contributed by atoms with E-state index in [2.05, 4.69) is 0 Å². The Bertz CT molecular complexity index is 1610. The lowest BCUT2D eigenvalue weighted by molar-refractivity contribution is 0.347. The third-order valence-electron chi connectivity index (χ3n) is 5.72. The van der Waals surface area contributed by atoms with Crippen LogP contribution in [0.15, 0.2) is 66.2 Å². The van der Waals surface area contributed by atoms with Gasteiger partial charge in [0.1, 0.15) is 12.4 Å². The summed E-state index contributed by atoms with van der Waals surface area (Å²) in [5, 5.41) is 0. The summed E-state index contributed by atoms with van der Waals surface area (Å²) in [6, 6.07) is 16.1. The first-order valence-corrected chi connectivity index (χ1v) is 16.0. The predicted octanol–water partition coefficient (Wildman–Crippen LogP) is 5.17. The van der Waals surface area contributed by atoms with Gasteiger partial charge in [-0.05, 0) is 67.4 Å². The summed E-state index contributed by atoms with van der Waals surface area (Å²) in [5.41, 5.74) is 6.22. The Morgan fingerprint density at radius 2 is 1.20 bits per heavy atom. The molecular formula is C29H36N2O7S2. The predicted molar refractivity (Wildman–Crippen MR) is 162 cm³/mol. The van der Waals surface area contributed by atoms with Crippen molar-refractivity contribution in [3.8, 4) is 39.5 Å². The summed E-state index contributed by atoms with van der Waals surface area (Å²) in [6.45, 7) is 4.18. The van der Waals surface area contributed by atoms with Crippen LogP contribution >= 0.6 is 0 Å². The monoisotopic (exact) mass is 588 g/mol. The van der Waals surface area contributed by atoms with Crippen molar-refractivity contribution in [2.45, 2.75) is 13.8 Å². The molecule has 9 nitrogen and oxygen atoms in total. The number of hydrogen-bond acceptors (Lipinski definition) is 9. The highest BCUT2D eigenvalue weighted by atomic mass is 32.2. The molecule has 0 fully saturated rings. The van der Waals surface area contributed by atoms with Crippen molar-refractivity contribution in [1.82, 2.24) is 0 Å². The van der Waals surface area contributed by atoms with Crippen LogP contribution in [0.3, 0.4) is 0 Å². The van der Waals surface area contributed by atoms with E-state index in [0.29, 0.717) is 5.75 Å². The number of anilines is 2. The van der Waals surface area contributed by atoms with Crippen molar-refractivity contribution >= 4 is 31.6 Å². The molecule has 11 heteroatoms. The van der Waals surface area contributed by atoms with Gasteiger partial charge in [-0.2, -0.15) is 16.8 Å². The highest BCUT2D eigenvalue weighted by Gasteiger charge is 2.19. The molecule has 216 valence electrons. The molecule has 0 aliphatic rings. The molecule has 0 N–H and O–H groups in total. The van der Waals surface area contributed by atoms with E-state index in [1.54, 1.807) is 36.4 Å². The van der Waals surface area contributed by atoms with Gasteiger partial charge in [-0.1, -0.05) is 23.8 Å². The molecule has 0 atom stereocenters. The van der Waals surface area contributed by atoms with Gasteiger partial charge in [0.25, 0.3) is 0 Å². The Kier molecular flexibility index (Phi) is 9.42. The zero-order valence-corrected chi connectivity index (χ0v) is 25.7. The van der Waals surface area contributed by atoms with E-state index in [9.17, 15) is 16.8 Å². The SMILES string of the molecule is CC(C)=CCOc1ccc(-c2cc(N(C)C)c(-c3ccc(OS(C)(=O)=O)cc3)cc2N(C)C)cc1OS(C)(=O)=O. The zero-order chi connectivity index (χ0) is 29.8. The molecule has 0 saturated heterocycles. The summed E-state index contributed by atoms with van der Waals surface area (Å²) >= 11 is 0. The lowest BCUT2D eigenvalue weighted by Gasteiger charge is -2.25. The lowest BCUT2D eigenvalue weighted by atomic mass is 9.95. The van der Waals surface area contributed by atoms with Gasteiger partial charge in [-0.15, -0.1) is 0 Å². The van der Waals surface area contributed by atoms with Gasteiger partial charge >= 0.3 is 20.2 Å². The fourth-order valence-electron chi connectivity index (χ4n) is 3.97. The summed E-state index contributed by atoms with van der Waals surface area (Å²) < 4.78 is 63.2. The van der Waals surface area contributed by atoms with Gasteiger partial charge in [0.05, 0.1) is 12.5 Å². The van der Waals surface area contributed by atoms with E-state index >= 15 is 0 Å². The van der Waals surface area contributed by atoms with Crippen molar-refractivity contribution in [1.29, 1.82) is 0 Å². The van der Waals surface area contributed by atoms with Gasteiger partial charge < -0.3 is 22.9 Å². The van der Waals surface area contributed by atoms with Crippen LogP contribution in [0.5, 0.6) is 17.2 Å². The summed E-state index contributed by atoms with van der Waals surface area (Å²) in [4.78, 5) is 3.94. The van der Waals surface area contributed by atoms with E-state index in [-0.39, 0.29) is 18.1 Å². The second-order valence-electron chi connectivity index (χ2n) is 10.0. The van der Waals surface area contributed by atoms with Gasteiger partial charge in [-0.3, -0.25) is 0 Å². The molecule has 0 spiro atoms. The molecular weight excluding hydrogens is 552 g/mol. The van der Waals surface area contributed by atoms with Gasteiger partial charge in [-0.25, -0.2) is 0 Å². The quantitative estimate of drug-likeness (QED) is 0.222. The molecule has 3 aromatic rings. The van der Waals surface area contributed by atoms with Crippen molar-refractivity contribution in [2.24, 2.45) is 0 Å². The molecule has 3 aromatic carbocycles. The summed E-state index contributed by atoms with van der Waals surface area (Å²) in [5.74, 6) is 0.648. The number of rotatable bonds is 11. The first-order valence-electron chi connectivity index (χ1n) is 12.4. The zero-order valence-electron chi connectivity index (χ0n) is 24.0. The smallest absolute Gasteiger partial charge is 0.306 e. The van der Waals surface area contributed by atoms with Gasteiger partial charge in [0.15, 0.2) is 11.5 Å². The second kappa shape index (κ2) is 12.2. The highest BCUT2D eigenvalue weighted by molar-refractivity contribution is 7.86. The third kappa shape index (κ3) is 8.40. The van der Waals surface area contributed by atoms with E-state index in [1.165, 1.54) is 0 Å². The lowest BCUT2D eigenvalue weighted by Crippen LogP contribution is -2.14. The van der Waals surface area contributed by atoms with E-state index in [0.717, 1.165) is 51.7 Å². The standard InChI is InChI=1S/C29H36N2O7S2/c1-20(2)15-16-36-28-14-11-22(17-29(28)38-40(8,34)35)25-19-26(30(3)4)24(18-27(25)31(5)6)21-9-12-23(13-10-21)37-39(7,32)33/h9-15,17-19H,16H2,1-8H3. The van der Waals surface area contributed by atoms with Crippen molar-refractivity contribution < 1.29 is 29.9 Å². The van der Waals surface area contributed by atoms with Crippen LogP contribution in [0.2, 0.25) is 0 Å². The van der Waals surface area contributed by atoms with Crippen molar-refractivity contribution in [3.05, 3.63) is 66.2 Å². The van der Waals surface area contributed by atoms with Crippen LogP contribution in [0, 0.1) is 0 Å². The van der Waals surface area contributed by atoms with Crippen LogP contribution in [0.4, 0.5) is 11.4 Å². The molecule has 3 rings (SSSR count).